The van der Waals surface area contributed by atoms with E-state index in [4.69, 9.17) is 4.42 Å². The number of furan rings is 1. The molecule has 2 aromatic rings. The normalized spacial score (nSPS) is 15.6. The molecule has 4 amide bonds. The summed E-state index contributed by atoms with van der Waals surface area (Å²) in [6, 6.07) is 3.06. The smallest absolute Gasteiger partial charge is 0.325 e. The first kappa shape index (κ1) is 21.0. The first-order chi connectivity index (χ1) is 13.9. The predicted octanol–water partition coefficient (Wildman–Crippen LogP) is 3.22. The van der Waals surface area contributed by atoms with Gasteiger partial charge in [0.2, 0.25) is 5.91 Å². The van der Waals surface area contributed by atoms with Crippen LogP contribution in [0.25, 0.3) is 11.5 Å². The highest BCUT2D eigenvalue weighted by molar-refractivity contribution is 7.09. The van der Waals surface area contributed by atoms with Gasteiger partial charge in [-0.25, -0.2) is 9.78 Å². The number of aryl methyl sites for hydroxylation is 1. The minimum absolute atomic E-state index is 0.167. The Morgan fingerprint density at radius 3 is 2.62 bits per heavy atom. The molecule has 2 aromatic heterocycles. The number of carbonyl (C=O) groups is 3. The molecule has 8 nitrogen and oxygen atoms in total. The number of imide groups is 1. The van der Waals surface area contributed by atoms with Crippen molar-refractivity contribution in [3.8, 4) is 11.5 Å². The van der Waals surface area contributed by atoms with Crippen molar-refractivity contribution < 1.29 is 18.8 Å². The third-order valence-corrected chi connectivity index (χ3v) is 5.67. The fourth-order valence-electron chi connectivity index (χ4n) is 3.61. The van der Waals surface area contributed by atoms with Crippen LogP contribution < -0.4 is 10.6 Å². The minimum Gasteiger partial charge on any atom is -0.458 e. The van der Waals surface area contributed by atoms with Gasteiger partial charge in [-0.2, -0.15) is 0 Å². The Hall–Kier alpha value is -2.68. The number of carbonyl (C=O) groups excluding carboxylic acids is 3. The van der Waals surface area contributed by atoms with Crippen LogP contribution >= 0.6 is 11.3 Å². The second-order valence-corrected chi connectivity index (χ2v) is 8.26. The Kier molecular flexibility index (Phi) is 6.36. The summed E-state index contributed by atoms with van der Waals surface area (Å²) in [6.45, 7) is 5.72. The van der Waals surface area contributed by atoms with Gasteiger partial charge < -0.3 is 15.1 Å². The monoisotopic (exact) mass is 418 g/mol. The molecule has 0 atom stereocenters. The summed E-state index contributed by atoms with van der Waals surface area (Å²) in [5, 5.41) is 8.36. The topological polar surface area (TPSA) is 105 Å². The molecule has 0 aliphatic carbocycles. The van der Waals surface area contributed by atoms with Gasteiger partial charge in [-0.1, -0.05) is 26.7 Å². The summed E-state index contributed by atoms with van der Waals surface area (Å²) in [6.07, 6.45) is 2.67. The number of amides is 4. The second kappa shape index (κ2) is 8.77. The average Bonchev–Trinajstić information content (AvgIpc) is 3.37. The van der Waals surface area contributed by atoms with Crippen LogP contribution in [0.4, 0.5) is 4.79 Å². The van der Waals surface area contributed by atoms with Crippen LogP contribution in [-0.4, -0.2) is 39.8 Å². The maximum absolute atomic E-state index is 12.8. The van der Waals surface area contributed by atoms with E-state index in [0.717, 1.165) is 28.4 Å². The molecule has 0 aromatic carbocycles. The van der Waals surface area contributed by atoms with Crippen molar-refractivity contribution in [3.63, 3.8) is 0 Å². The second-order valence-electron chi connectivity index (χ2n) is 7.20. The average molecular weight is 419 g/mol. The van der Waals surface area contributed by atoms with Gasteiger partial charge in [-0.3, -0.25) is 14.5 Å². The highest BCUT2D eigenvalue weighted by atomic mass is 32.1. The van der Waals surface area contributed by atoms with E-state index >= 15 is 0 Å². The zero-order valence-corrected chi connectivity index (χ0v) is 17.7. The van der Waals surface area contributed by atoms with E-state index < -0.39 is 17.5 Å². The molecule has 1 fully saturated rings. The molecule has 0 saturated carbocycles. The molecule has 156 valence electrons. The van der Waals surface area contributed by atoms with Crippen LogP contribution in [0.5, 0.6) is 0 Å². The summed E-state index contributed by atoms with van der Waals surface area (Å²) in [4.78, 5) is 42.8. The molecule has 0 bridgehead atoms. The Bertz CT molecular complexity index is 898. The lowest BCUT2D eigenvalue weighted by atomic mass is 9.88. The van der Waals surface area contributed by atoms with Crippen LogP contribution in [-0.2, 0) is 16.1 Å². The number of hydrogen-bond acceptors (Lipinski definition) is 6. The highest BCUT2D eigenvalue weighted by Gasteiger charge is 2.50. The van der Waals surface area contributed by atoms with E-state index in [2.05, 4.69) is 15.6 Å². The molecule has 29 heavy (non-hydrogen) atoms. The lowest BCUT2D eigenvalue weighted by Crippen LogP contribution is -2.47. The summed E-state index contributed by atoms with van der Waals surface area (Å²) < 4.78 is 5.71. The maximum atomic E-state index is 12.8. The van der Waals surface area contributed by atoms with Crippen LogP contribution in [0.3, 0.4) is 0 Å². The Morgan fingerprint density at radius 2 is 2.00 bits per heavy atom. The van der Waals surface area contributed by atoms with E-state index in [1.807, 2.05) is 26.2 Å². The Balaban J connectivity index is 1.57. The molecule has 0 unspecified atom stereocenters. The fraction of sp³-hybridized carbons (Fsp3) is 0.500. The number of hydrogen-bond donors (Lipinski definition) is 2. The van der Waals surface area contributed by atoms with Gasteiger partial charge in [0.15, 0.2) is 5.76 Å². The van der Waals surface area contributed by atoms with Crippen LogP contribution in [0.1, 0.15) is 50.3 Å². The quantitative estimate of drug-likeness (QED) is 0.609. The Labute approximate surface area is 173 Å². The molecule has 0 radical (unpaired) electrons. The molecule has 3 heterocycles. The summed E-state index contributed by atoms with van der Waals surface area (Å²) in [7, 11) is 0. The van der Waals surface area contributed by atoms with Crippen molar-refractivity contribution in [2.45, 2.75) is 58.5 Å². The van der Waals surface area contributed by atoms with Gasteiger partial charge in [-0.05, 0) is 31.9 Å². The third kappa shape index (κ3) is 4.50. The van der Waals surface area contributed by atoms with E-state index in [1.54, 1.807) is 12.1 Å². The van der Waals surface area contributed by atoms with Crippen molar-refractivity contribution in [2.75, 3.05) is 6.54 Å². The molecule has 1 aliphatic heterocycles. The van der Waals surface area contributed by atoms with Gasteiger partial charge in [0.1, 0.15) is 23.5 Å². The molecular weight excluding hydrogens is 392 g/mol. The molecule has 1 saturated heterocycles. The number of thiazole rings is 1. The van der Waals surface area contributed by atoms with Gasteiger partial charge in [0.25, 0.3) is 5.91 Å². The standard InChI is InChI=1S/C20H26N4O4S/c1-4-8-20(9-5-2)18(26)24(19(27)23-20)11-17(25)21-10-14-6-7-16(28-14)15-12-29-13(3)22-15/h6-7,12H,4-5,8-11H2,1-3H3,(H,21,25)(H,23,27). The number of rotatable bonds is 9. The first-order valence-electron chi connectivity index (χ1n) is 9.80. The number of nitrogens with zero attached hydrogens (tertiary/aromatic N) is 2. The van der Waals surface area contributed by atoms with E-state index in [9.17, 15) is 14.4 Å². The minimum atomic E-state index is -0.886. The molecule has 1 aliphatic rings. The maximum Gasteiger partial charge on any atom is 0.325 e. The Morgan fingerprint density at radius 1 is 1.28 bits per heavy atom. The van der Waals surface area contributed by atoms with Crippen LogP contribution in [0.2, 0.25) is 0 Å². The molecule has 3 rings (SSSR count). The summed E-state index contributed by atoms with van der Waals surface area (Å²) >= 11 is 1.54. The largest absolute Gasteiger partial charge is 0.458 e. The third-order valence-electron chi connectivity index (χ3n) is 4.89. The van der Waals surface area contributed by atoms with E-state index in [-0.39, 0.29) is 19.0 Å². The molecule has 2 N–H and O–H groups in total. The zero-order chi connectivity index (χ0) is 21.0. The number of aromatic nitrogens is 1. The highest BCUT2D eigenvalue weighted by Crippen LogP contribution is 2.28. The van der Waals surface area contributed by atoms with Crippen molar-refractivity contribution >= 4 is 29.2 Å². The van der Waals surface area contributed by atoms with Gasteiger partial charge in [-0.15, -0.1) is 11.3 Å². The van der Waals surface area contributed by atoms with E-state index in [0.29, 0.717) is 24.4 Å². The fourth-order valence-corrected chi connectivity index (χ4v) is 4.21. The van der Waals surface area contributed by atoms with Crippen molar-refractivity contribution in [1.82, 2.24) is 20.5 Å². The molecule has 9 heteroatoms. The first-order valence-corrected chi connectivity index (χ1v) is 10.7. The predicted molar refractivity (Wildman–Crippen MR) is 109 cm³/mol. The number of urea groups is 1. The van der Waals surface area contributed by atoms with Gasteiger partial charge >= 0.3 is 6.03 Å². The zero-order valence-electron chi connectivity index (χ0n) is 16.9. The van der Waals surface area contributed by atoms with E-state index in [1.165, 1.54) is 11.3 Å². The van der Waals surface area contributed by atoms with Crippen molar-refractivity contribution in [3.05, 3.63) is 28.3 Å². The molecular formula is C20H26N4O4S. The van der Waals surface area contributed by atoms with Crippen molar-refractivity contribution in [2.24, 2.45) is 0 Å². The lowest BCUT2D eigenvalue weighted by Gasteiger charge is -2.25. The summed E-state index contributed by atoms with van der Waals surface area (Å²) in [5.41, 5.74) is -0.129. The van der Waals surface area contributed by atoms with Crippen LogP contribution in [0.15, 0.2) is 21.9 Å². The van der Waals surface area contributed by atoms with Crippen molar-refractivity contribution in [1.29, 1.82) is 0 Å². The summed E-state index contributed by atoms with van der Waals surface area (Å²) in [5.74, 6) is 0.472. The van der Waals surface area contributed by atoms with Gasteiger partial charge in [0.05, 0.1) is 11.6 Å². The number of nitrogens with one attached hydrogen (secondary N) is 2. The SMILES string of the molecule is CCCC1(CCC)NC(=O)N(CC(=O)NCc2ccc(-c3csc(C)n3)o2)C1=O. The van der Waals surface area contributed by atoms with Crippen LogP contribution in [0, 0.1) is 6.92 Å². The lowest BCUT2D eigenvalue weighted by molar-refractivity contribution is -0.135. The van der Waals surface area contributed by atoms with Gasteiger partial charge in [0, 0.05) is 5.38 Å². The molecule has 0 spiro atoms.